The highest BCUT2D eigenvalue weighted by Crippen LogP contribution is 2.59. The van der Waals surface area contributed by atoms with Crippen LogP contribution in [0.15, 0.2) is 0 Å². The van der Waals surface area contributed by atoms with E-state index < -0.39 is 17.6 Å². The second-order valence-corrected chi connectivity index (χ2v) is 7.46. The normalized spacial score (nSPS) is 56.1. The van der Waals surface area contributed by atoms with Crippen molar-refractivity contribution in [3.8, 4) is 0 Å². The molecular weight excluding hydrogens is 272 g/mol. The Morgan fingerprint density at radius 2 is 1.95 bits per heavy atom. The number of ether oxygens (including phenoxy) is 1. The molecular formula is C15H24N2O4. The molecule has 5 fully saturated rings. The number of nitrogens with two attached hydrogens (primary N) is 1. The first-order chi connectivity index (χ1) is 9.89. The van der Waals surface area contributed by atoms with Gasteiger partial charge in [0.05, 0.1) is 0 Å². The predicted molar refractivity (Wildman–Crippen MR) is 73.0 cm³/mol. The van der Waals surface area contributed by atoms with E-state index in [-0.39, 0.29) is 17.7 Å². The molecule has 118 valence electrons. The average molecular weight is 296 g/mol. The molecule has 7 atom stereocenters. The number of rotatable bonds is 0. The molecule has 0 aromatic heterocycles. The number of nitrogens with zero attached hydrogens (tertiary/aromatic N) is 1. The predicted octanol–water partition coefficient (Wildman–Crippen LogP) is 1.55. The molecule has 1 saturated carbocycles. The highest BCUT2D eigenvalue weighted by molar-refractivity contribution is 5.80. The van der Waals surface area contributed by atoms with Crippen molar-refractivity contribution >= 4 is 5.91 Å². The highest BCUT2D eigenvalue weighted by Gasteiger charge is 2.70. The van der Waals surface area contributed by atoms with E-state index in [2.05, 4.69) is 6.92 Å². The Kier molecular flexibility index (Phi) is 2.78. The smallest absolute Gasteiger partial charge is 0.242 e. The second-order valence-electron chi connectivity index (χ2n) is 7.46. The monoisotopic (exact) mass is 296 g/mol. The lowest BCUT2D eigenvalue weighted by Gasteiger charge is -2.60. The van der Waals surface area contributed by atoms with E-state index in [4.69, 9.17) is 20.4 Å². The van der Waals surface area contributed by atoms with Crippen molar-refractivity contribution in [3.05, 3.63) is 0 Å². The molecule has 0 aromatic rings. The number of piperidine rings is 1. The third-order valence-electron chi connectivity index (χ3n) is 6.30. The fraction of sp³-hybridized carbons (Fsp3) is 0.933. The lowest BCUT2D eigenvalue weighted by atomic mass is 9.57. The maximum Gasteiger partial charge on any atom is 0.242 e. The van der Waals surface area contributed by atoms with Gasteiger partial charge in [0.2, 0.25) is 11.7 Å². The summed E-state index contributed by atoms with van der Waals surface area (Å²) in [4.78, 5) is 24.2. The summed E-state index contributed by atoms with van der Waals surface area (Å²) in [6.45, 7) is 6.08. The van der Waals surface area contributed by atoms with Crippen molar-refractivity contribution in [1.29, 1.82) is 0 Å². The van der Waals surface area contributed by atoms with Crippen LogP contribution in [-0.4, -0.2) is 28.5 Å². The van der Waals surface area contributed by atoms with Crippen molar-refractivity contribution in [3.63, 3.8) is 0 Å². The topological polar surface area (TPSA) is 74.0 Å². The van der Waals surface area contributed by atoms with Gasteiger partial charge in [-0.25, -0.2) is 20.6 Å². The minimum absolute atomic E-state index is 0.0521. The minimum atomic E-state index is -0.810. The molecule has 6 nitrogen and oxygen atoms in total. The standard InChI is InChI=1S/C15H24N2O4/c1-8-4-5-11-9(2)12(18)17(16)13-15(11)10(8)6-7-14(3,19-13)20-21-15/h8-11,13H,4-7,16H2,1-3H3/t8-,9+,10+,11-,13-,14-,15?/m0/s1. The van der Waals surface area contributed by atoms with Gasteiger partial charge in [-0.1, -0.05) is 13.8 Å². The maximum absolute atomic E-state index is 12.5. The molecule has 1 amide bonds. The molecule has 2 N–H and O–H groups in total. The molecule has 0 radical (unpaired) electrons. The van der Waals surface area contributed by atoms with Crippen LogP contribution >= 0.6 is 0 Å². The zero-order valence-electron chi connectivity index (χ0n) is 12.9. The molecule has 0 aromatic carbocycles. The number of carbonyl (C=O) groups excluding carboxylic acids is 1. The number of carbonyl (C=O) groups is 1. The van der Waals surface area contributed by atoms with Gasteiger partial charge >= 0.3 is 0 Å². The Labute approximate surface area is 124 Å². The largest absolute Gasteiger partial charge is 0.319 e. The Hall–Kier alpha value is -0.690. The first-order valence-electron chi connectivity index (χ1n) is 8.01. The molecule has 2 bridgehead atoms. The molecule has 5 rings (SSSR count). The zero-order valence-corrected chi connectivity index (χ0v) is 12.9. The first-order valence-corrected chi connectivity index (χ1v) is 8.01. The van der Waals surface area contributed by atoms with Crippen LogP contribution in [0.1, 0.15) is 46.5 Å². The van der Waals surface area contributed by atoms with E-state index in [1.807, 2.05) is 13.8 Å². The number of fused-ring (bicyclic) bond motifs is 2. The molecule has 5 aliphatic rings. The fourth-order valence-electron chi connectivity index (χ4n) is 5.09. The lowest BCUT2D eigenvalue weighted by molar-refractivity contribution is -0.548. The summed E-state index contributed by atoms with van der Waals surface area (Å²) >= 11 is 0. The van der Waals surface area contributed by atoms with Crippen LogP contribution in [0.4, 0.5) is 0 Å². The minimum Gasteiger partial charge on any atom is -0.319 e. The first kappa shape index (κ1) is 13.9. The number of amides is 1. The number of hydrogen-bond acceptors (Lipinski definition) is 5. The van der Waals surface area contributed by atoms with Crippen LogP contribution in [0.25, 0.3) is 0 Å². The van der Waals surface area contributed by atoms with Gasteiger partial charge in [-0.15, -0.1) is 0 Å². The van der Waals surface area contributed by atoms with E-state index in [9.17, 15) is 4.79 Å². The molecule has 6 heteroatoms. The van der Waals surface area contributed by atoms with E-state index in [0.717, 1.165) is 25.7 Å². The summed E-state index contributed by atoms with van der Waals surface area (Å²) < 4.78 is 6.14. The van der Waals surface area contributed by atoms with Crippen LogP contribution in [0.3, 0.4) is 0 Å². The molecule has 21 heavy (non-hydrogen) atoms. The number of hydrazine groups is 1. The molecule has 1 aliphatic carbocycles. The second kappa shape index (κ2) is 4.19. The van der Waals surface area contributed by atoms with Gasteiger partial charge in [0, 0.05) is 18.3 Å². The molecule has 1 spiro atoms. The van der Waals surface area contributed by atoms with Crippen molar-refractivity contribution in [2.45, 2.75) is 64.1 Å². The van der Waals surface area contributed by atoms with Crippen LogP contribution in [-0.2, 0) is 19.3 Å². The van der Waals surface area contributed by atoms with Crippen LogP contribution in [0, 0.1) is 23.7 Å². The van der Waals surface area contributed by atoms with Gasteiger partial charge in [0.25, 0.3) is 0 Å². The third kappa shape index (κ3) is 1.59. The van der Waals surface area contributed by atoms with Crippen molar-refractivity contribution in [2.24, 2.45) is 29.5 Å². The summed E-state index contributed by atoms with van der Waals surface area (Å²) in [6, 6.07) is 0. The van der Waals surface area contributed by atoms with Gasteiger partial charge < -0.3 is 4.74 Å². The Morgan fingerprint density at radius 1 is 1.19 bits per heavy atom. The fourth-order valence-corrected chi connectivity index (χ4v) is 5.09. The average Bonchev–Trinajstić information content (AvgIpc) is 2.69. The highest BCUT2D eigenvalue weighted by atomic mass is 17.3. The van der Waals surface area contributed by atoms with Crippen molar-refractivity contribution in [1.82, 2.24) is 5.01 Å². The quantitative estimate of drug-likeness (QED) is 0.417. The van der Waals surface area contributed by atoms with Crippen LogP contribution in [0.5, 0.6) is 0 Å². The molecule has 4 saturated heterocycles. The maximum atomic E-state index is 12.5. The van der Waals surface area contributed by atoms with Gasteiger partial charge in [0.1, 0.15) is 0 Å². The summed E-state index contributed by atoms with van der Waals surface area (Å²) in [7, 11) is 0. The summed E-state index contributed by atoms with van der Waals surface area (Å²) in [5.74, 6) is 6.03. The SMILES string of the molecule is C[C@H]1CC[C@H]2[C@@H](C)C(=O)N(N)[C@H]3O[C@]4(C)CC[C@H]1C32OO4. The molecule has 4 aliphatic heterocycles. The molecule has 4 heterocycles. The van der Waals surface area contributed by atoms with Crippen molar-refractivity contribution in [2.75, 3.05) is 0 Å². The Balaban J connectivity index is 1.87. The van der Waals surface area contributed by atoms with Gasteiger partial charge in [-0.05, 0) is 38.0 Å². The van der Waals surface area contributed by atoms with Gasteiger partial charge in [0.15, 0.2) is 11.8 Å². The summed E-state index contributed by atoms with van der Waals surface area (Å²) in [5, 5.41) is 1.26. The Morgan fingerprint density at radius 3 is 2.71 bits per heavy atom. The number of hydrogen-bond donors (Lipinski definition) is 1. The van der Waals surface area contributed by atoms with Gasteiger partial charge in [-0.2, -0.15) is 0 Å². The Bertz CT molecular complexity index is 486. The van der Waals surface area contributed by atoms with E-state index in [1.165, 1.54) is 5.01 Å². The van der Waals surface area contributed by atoms with E-state index in [0.29, 0.717) is 11.8 Å². The van der Waals surface area contributed by atoms with E-state index >= 15 is 0 Å². The lowest BCUT2D eigenvalue weighted by Crippen LogP contribution is -2.76. The van der Waals surface area contributed by atoms with Gasteiger partial charge in [-0.3, -0.25) is 4.79 Å². The van der Waals surface area contributed by atoms with Crippen LogP contribution in [0.2, 0.25) is 0 Å². The van der Waals surface area contributed by atoms with Crippen LogP contribution < -0.4 is 5.84 Å². The van der Waals surface area contributed by atoms with Crippen molar-refractivity contribution < 1.29 is 19.3 Å². The van der Waals surface area contributed by atoms with E-state index in [1.54, 1.807) is 0 Å². The molecule has 1 unspecified atom stereocenters. The summed E-state index contributed by atoms with van der Waals surface area (Å²) in [5.41, 5.74) is -0.615. The zero-order chi connectivity index (χ0) is 15.0. The third-order valence-corrected chi connectivity index (χ3v) is 6.30. The summed E-state index contributed by atoms with van der Waals surface area (Å²) in [6.07, 6.45) is 3.29.